The molecule has 0 aromatic carbocycles. The van der Waals surface area contributed by atoms with Gasteiger partial charge in [-0.2, -0.15) is 0 Å². The third kappa shape index (κ3) is 3.06. The molecule has 0 bridgehead atoms. The normalized spacial score (nSPS) is 27.1. The van der Waals surface area contributed by atoms with Gasteiger partial charge in [0.2, 0.25) is 0 Å². The summed E-state index contributed by atoms with van der Waals surface area (Å²) in [5.74, 6) is 0.267. The largest absolute Gasteiger partial charge is 0.386 e. The first-order chi connectivity index (χ1) is 11.7. The molecule has 4 unspecified atom stereocenters. The third-order valence-electron chi connectivity index (χ3n) is 3.85. The zero-order chi connectivity index (χ0) is 17.1. The van der Waals surface area contributed by atoms with Crippen LogP contribution in [0.15, 0.2) is 12.7 Å². The summed E-state index contributed by atoms with van der Waals surface area (Å²) in [6.45, 7) is 2.72. The molecule has 3 heterocycles. The molecule has 4 atom stereocenters. The van der Waals surface area contributed by atoms with Gasteiger partial charge in [0, 0.05) is 13.7 Å². The Morgan fingerprint density at radius 1 is 1.38 bits per heavy atom. The summed E-state index contributed by atoms with van der Waals surface area (Å²) in [5, 5.41) is 10.7. The molecule has 1 aliphatic heterocycles. The van der Waals surface area contributed by atoms with Gasteiger partial charge in [-0.3, -0.25) is 4.57 Å². The van der Waals surface area contributed by atoms with Crippen molar-refractivity contribution in [2.75, 3.05) is 32.9 Å². The van der Waals surface area contributed by atoms with Gasteiger partial charge in [-0.15, -0.1) is 0 Å². The molecule has 2 aromatic heterocycles. The SMILES string of the molecule is CCOCOC1C(COC)OC(n2cnc3c(N)ncnc32)C1O. The molecule has 0 spiro atoms. The first-order valence-electron chi connectivity index (χ1n) is 7.62. The summed E-state index contributed by atoms with van der Waals surface area (Å²) in [5.41, 5.74) is 6.73. The zero-order valence-electron chi connectivity index (χ0n) is 13.5. The number of imidazole rings is 1. The minimum absolute atomic E-state index is 0.0638. The number of nitrogens with two attached hydrogens (primary N) is 1. The van der Waals surface area contributed by atoms with Crippen molar-refractivity contribution in [1.82, 2.24) is 19.5 Å². The predicted octanol–water partition coefficient (Wildman–Crippen LogP) is -0.308. The molecule has 0 amide bonds. The number of aliphatic hydroxyl groups is 1. The Morgan fingerprint density at radius 2 is 2.21 bits per heavy atom. The number of anilines is 1. The lowest BCUT2D eigenvalue weighted by Gasteiger charge is -2.20. The minimum Gasteiger partial charge on any atom is -0.386 e. The second-order valence-electron chi connectivity index (χ2n) is 5.34. The van der Waals surface area contributed by atoms with Gasteiger partial charge in [-0.05, 0) is 6.92 Å². The van der Waals surface area contributed by atoms with E-state index in [1.165, 1.54) is 12.7 Å². The van der Waals surface area contributed by atoms with E-state index in [9.17, 15) is 5.11 Å². The molecule has 0 radical (unpaired) electrons. The van der Waals surface area contributed by atoms with Crippen LogP contribution in [-0.4, -0.2) is 70.1 Å². The van der Waals surface area contributed by atoms with Gasteiger partial charge in [0.05, 0.1) is 12.9 Å². The number of hydrogen-bond donors (Lipinski definition) is 2. The highest BCUT2D eigenvalue weighted by Crippen LogP contribution is 2.33. The summed E-state index contributed by atoms with van der Waals surface area (Å²) in [7, 11) is 1.56. The molecule has 1 saturated heterocycles. The van der Waals surface area contributed by atoms with E-state index in [2.05, 4.69) is 15.0 Å². The maximum Gasteiger partial charge on any atom is 0.167 e. The quantitative estimate of drug-likeness (QED) is 0.516. The van der Waals surface area contributed by atoms with E-state index in [4.69, 9.17) is 24.7 Å². The number of ether oxygens (including phenoxy) is 4. The number of nitrogen functional groups attached to an aromatic ring is 1. The van der Waals surface area contributed by atoms with Gasteiger partial charge in [-0.1, -0.05) is 0 Å². The molecular weight excluding hydrogens is 318 g/mol. The van der Waals surface area contributed by atoms with E-state index in [0.717, 1.165) is 0 Å². The average Bonchev–Trinajstić information content (AvgIpc) is 3.12. The van der Waals surface area contributed by atoms with Crippen LogP contribution in [0, 0.1) is 0 Å². The van der Waals surface area contributed by atoms with Crippen molar-refractivity contribution in [1.29, 1.82) is 0 Å². The lowest BCUT2D eigenvalue weighted by Crippen LogP contribution is -2.37. The highest BCUT2D eigenvalue weighted by Gasteiger charge is 2.46. The Balaban J connectivity index is 1.85. The van der Waals surface area contributed by atoms with Crippen molar-refractivity contribution >= 4 is 17.0 Å². The Morgan fingerprint density at radius 3 is 2.96 bits per heavy atom. The molecule has 10 heteroatoms. The van der Waals surface area contributed by atoms with Crippen LogP contribution < -0.4 is 5.73 Å². The standard InChI is InChI=1S/C14H21N5O5/c1-3-22-7-23-11-8(4-21-2)24-14(10(11)20)19-6-18-9-12(15)16-5-17-13(9)19/h5-6,8,10-11,14,20H,3-4,7H2,1-2H3,(H2,15,16,17). The molecular formula is C14H21N5O5. The second kappa shape index (κ2) is 7.36. The summed E-state index contributed by atoms with van der Waals surface area (Å²) >= 11 is 0. The van der Waals surface area contributed by atoms with Gasteiger partial charge in [0.25, 0.3) is 0 Å². The van der Waals surface area contributed by atoms with Crippen molar-refractivity contribution in [2.45, 2.75) is 31.5 Å². The Labute approximate surface area is 138 Å². The van der Waals surface area contributed by atoms with Gasteiger partial charge in [-0.25, -0.2) is 15.0 Å². The third-order valence-corrected chi connectivity index (χ3v) is 3.85. The van der Waals surface area contributed by atoms with E-state index >= 15 is 0 Å². The Kier molecular flexibility index (Phi) is 5.21. The second-order valence-corrected chi connectivity index (χ2v) is 5.34. The van der Waals surface area contributed by atoms with Crippen LogP contribution in [0.25, 0.3) is 11.2 Å². The number of hydrogen-bond acceptors (Lipinski definition) is 9. The molecule has 10 nitrogen and oxygen atoms in total. The maximum atomic E-state index is 10.7. The van der Waals surface area contributed by atoms with Crippen LogP contribution in [0.3, 0.4) is 0 Å². The monoisotopic (exact) mass is 339 g/mol. The molecule has 3 N–H and O–H groups in total. The van der Waals surface area contributed by atoms with E-state index in [1.807, 2.05) is 6.92 Å². The number of aromatic nitrogens is 4. The number of nitrogens with zero attached hydrogens (tertiary/aromatic N) is 4. The van der Waals surface area contributed by atoms with Crippen molar-refractivity contribution in [3.63, 3.8) is 0 Å². The maximum absolute atomic E-state index is 10.7. The summed E-state index contributed by atoms with van der Waals surface area (Å²) < 4.78 is 23.5. The Hall–Kier alpha value is -1.85. The van der Waals surface area contributed by atoms with Crippen molar-refractivity contribution in [3.05, 3.63) is 12.7 Å². The van der Waals surface area contributed by atoms with Crippen LogP contribution in [0.2, 0.25) is 0 Å². The zero-order valence-corrected chi connectivity index (χ0v) is 13.5. The van der Waals surface area contributed by atoms with E-state index in [-0.39, 0.29) is 19.2 Å². The van der Waals surface area contributed by atoms with Crippen LogP contribution in [-0.2, 0) is 18.9 Å². The van der Waals surface area contributed by atoms with Gasteiger partial charge in [0.1, 0.15) is 36.9 Å². The minimum atomic E-state index is -0.945. The highest BCUT2D eigenvalue weighted by molar-refractivity contribution is 5.81. The molecule has 1 fully saturated rings. The molecule has 2 aromatic rings. The average molecular weight is 339 g/mol. The van der Waals surface area contributed by atoms with Gasteiger partial charge in [0.15, 0.2) is 17.7 Å². The number of methoxy groups -OCH3 is 1. The molecule has 1 aliphatic rings. The van der Waals surface area contributed by atoms with Crippen LogP contribution in [0.5, 0.6) is 0 Å². The molecule has 0 aliphatic carbocycles. The van der Waals surface area contributed by atoms with E-state index in [1.54, 1.807) is 11.7 Å². The summed E-state index contributed by atoms with van der Waals surface area (Å²) in [4.78, 5) is 12.3. The fourth-order valence-corrected chi connectivity index (χ4v) is 2.72. The Bertz CT molecular complexity index is 681. The smallest absolute Gasteiger partial charge is 0.167 e. The van der Waals surface area contributed by atoms with Crippen molar-refractivity contribution in [3.8, 4) is 0 Å². The van der Waals surface area contributed by atoms with E-state index < -0.39 is 24.5 Å². The molecule has 3 rings (SSSR count). The van der Waals surface area contributed by atoms with Crippen LogP contribution in [0.4, 0.5) is 5.82 Å². The van der Waals surface area contributed by atoms with Crippen LogP contribution >= 0.6 is 0 Å². The number of fused-ring (bicyclic) bond motifs is 1. The fourth-order valence-electron chi connectivity index (χ4n) is 2.72. The summed E-state index contributed by atoms with van der Waals surface area (Å²) in [6, 6.07) is 0. The van der Waals surface area contributed by atoms with Gasteiger partial charge < -0.3 is 29.8 Å². The molecule has 132 valence electrons. The lowest BCUT2D eigenvalue weighted by atomic mass is 10.1. The highest BCUT2D eigenvalue weighted by atomic mass is 16.7. The molecule has 0 saturated carbocycles. The molecule has 24 heavy (non-hydrogen) atoms. The fraction of sp³-hybridized carbons (Fsp3) is 0.643. The predicted molar refractivity (Wildman–Crippen MR) is 82.9 cm³/mol. The number of aliphatic hydroxyl groups excluding tert-OH is 1. The van der Waals surface area contributed by atoms with Crippen LogP contribution in [0.1, 0.15) is 13.2 Å². The van der Waals surface area contributed by atoms with Gasteiger partial charge >= 0.3 is 0 Å². The number of rotatable bonds is 7. The first-order valence-corrected chi connectivity index (χ1v) is 7.62. The first kappa shape index (κ1) is 17.0. The lowest BCUT2D eigenvalue weighted by molar-refractivity contribution is -0.131. The van der Waals surface area contributed by atoms with Crippen molar-refractivity contribution in [2.24, 2.45) is 0 Å². The summed E-state index contributed by atoms with van der Waals surface area (Å²) in [6.07, 6.45) is 0.131. The van der Waals surface area contributed by atoms with Crippen molar-refractivity contribution < 1.29 is 24.1 Å². The van der Waals surface area contributed by atoms with E-state index in [0.29, 0.717) is 17.8 Å². The topological polar surface area (TPSA) is 127 Å².